The largest absolute Gasteiger partial charge is 0.493 e. The number of nitrogens with one attached hydrogen (secondary N) is 1. The Balaban J connectivity index is 1.64. The zero-order valence-corrected chi connectivity index (χ0v) is 18.5. The molecule has 0 radical (unpaired) electrons. The molecule has 0 aliphatic carbocycles. The molecule has 0 aliphatic rings. The maximum Gasteiger partial charge on any atom is 0.322 e. The summed E-state index contributed by atoms with van der Waals surface area (Å²) in [6.45, 7) is 0. The van der Waals surface area contributed by atoms with Crippen molar-refractivity contribution in [3.8, 4) is 17.2 Å². The van der Waals surface area contributed by atoms with Gasteiger partial charge in [-0.15, -0.1) is 16.9 Å². The summed E-state index contributed by atoms with van der Waals surface area (Å²) in [5, 5.41) is 10.4. The summed E-state index contributed by atoms with van der Waals surface area (Å²) < 4.78 is 21.4. The Kier molecular flexibility index (Phi) is 7.55. The van der Waals surface area contributed by atoms with Crippen LogP contribution in [0.3, 0.4) is 0 Å². The number of amides is 1. The minimum Gasteiger partial charge on any atom is -0.493 e. The number of hydrogen-bond acceptors (Lipinski definition) is 8. The van der Waals surface area contributed by atoms with Crippen molar-refractivity contribution in [3.63, 3.8) is 0 Å². The highest BCUT2D eigenvalue weighted by atomic mass is 32.2. The molecule has 0 bridgehead atoms. The van der Waals surface area contributed by atoms with Gasteiger partial charge < -0.3 is 18.6 Å². The van der Waals surface area contributed by atoms with E-state index >= 15 is 0 Å². The molecule has 8 nitrogen and oxygen atoms in total. The van der Waals surface area contributed by atoms with E-state index in [2.05, 4.69) is 15.5 Å². The third kappa shape index (κ3) is 5.79. The maximum atomic E-state index is 12.2. The minimum atomic E-state index is -0.409. The molecule has 0 atom stereocenters. The van der Waals surface area contributed by atoms with Crippen molar-refractivity contribution in [2.75, 3.05) is 32.9 Å². The Morgan fingerprint density at radius 3 is 2.32 bits per heavy atom. The predicted molar refractivity (Wildman–Crippen MR) is 119 cm³/mol. The quantitative estimate of drug-likeness (QED) is 0.392. The fourth-order valence-electron chi connectivity index (χ4n) is 2.81. The van der Waals surface area contributed by atoms with Crippen LogP contribution in [-0.4, -0.2) is 43.7 Å². The zero-order valence-electron chi connectivity index (χ0n) is 17.7. The highest BCUT2D eigenvalue weighted by molar-refractivity contribution is 7.98. The normalized spacial score (nSPS) is 10.8. The average Bonchev–Trinajstić information content (AvgIpc) is 3.23. The predicted octanol–water partition coefficient (Wildman–Crippen LogP) is 4.06. The van der Waals surface area contributed by atoms with E-state index in [-0.39, 0.29) is 6.01 Å². The van der Waals surface area contributed by atoms with E-state index in [9.17, 15) is 4.79 Å². The Morgan fingerprint density at radius 2 is 1.74 bits per heavy atom. The summed E-state index contributed by atoms with van der Waals surface area (Å²) in [5.74, 6) is 1.48. The van der Waals surface area contributed by atoms with Gasteiger partial charge in [0.25, 0.3) is 5.91 Å². The molecule has 3 rings (SSSR count). The molecular weight excluding hydrogens is 418 g/mol. The molecule has 1 N–H and O–H groups in total. The van der Waals surface area contributed by atoms with Gasteiger partial charge in [0.05, 0.1) is 27.8 Å². The van der Waals surface area contributed by atoms with Gasteiger partial charge in [-0.2, -0.15) is 0 Å². The van der Waals surface area contributed by atoms with E-state index < -0.39 is 5.91 Å². The average molecular weight is 442 g/mol. The van der Waals surface area contributed by atoms with Crippen LogP contribution in [0.2, 0.25) is 0 Å². The van der Waals surface area contributed by atoms with Crippen molar-refractivity contribution in [2.45, 2.75) is 11.3 Å². The monoisotopic (exact) mass is 441 g/mol. The molecule has 0 unspecified atom stereocenters. The minimum absolute atomic E-state index is 0.0373. The van der Waals surface area contributed by atoms with Gasteiger partial charge in [0.1, 0.15) is 0 Å². The van der Waals surface area contributed by atoms with Crippen LogP contribution in [0.4, 0.5) is 6.01 Å². The highest BCUT2D eigenvalue weighted by Crippen LogP contribution is 2.38. The lowest BCUT2D eigenvalue weighted by Crippen LogP contribution is -2.07. The molecule has 9 heteroatoms. The Hall–Kier alpha value is -3.46. The smallest absolute Gasteiger partial charge is 0.322 e. The van der Waals surface area contributed by atoms with Crippen LogP contribution in [0.25, 0.3) is 6.08 Å². The summed E-state index contributed by atoms with van der Waals surface area (Å²) in [6, 6.07) is 11.6. The summed E-state index contributed by atoms with van der Waals surface area (Å²) in [7, 11) is 4.59. The third-order valence-electron chi connectivity index (χ3n) is 4.33. The summed E-state index contributed by atoms with van der Waals surface area (Å²) in [4.78, 5) is 13.4. The molecule has 3 aromatic rings. The van der Waals surface area contributed by atoms with Crippen LogP contribution in [-0.2, 0) is 11.2 Å². The first-order valence-electron chi connectivity index (χ1n) is 9.30. The van der Waals surface area contributed by atoms with E-state index in [1.54, 1.807) is 30.0 Å². The number of rotatable bonds is 9. The highest BCUT2D eigenvalue weighted by Gasteiger charge is 2.13. The molecule has 0 aliphatic heterocycles. The number of hydrogen-bond donors (Lipinski definition) is 1. The second-order valence-electron chi connectivity index (χ2n) is 6.31. The van der Waals surface area contributed by atoms with Crippen molar-refractivity contribution in [1.82, 2.24) is 10.2 Å². The number of aromatic nitrogens is 2. The van der Waals surface area contributed by atoms with Crippen molar-refractivity contribution in [2.24, 2.45) is 0 Å². The van der Waals surface area contributed by atoms with Gasteiger partial charge in [-0.1, -0.05) is 17.2 Å². The second-order valence-corrected chi connectivity index (χ2v) is 7.19. The van der Waals surface area contributed by atoms with E-state index in [4.69, 9.17) is 18.6 Å². The molecule has 1 aromatic heterocycles. The number of nitrogens with zero attached hydrogens (tertiary/aromatic N) is 2. The molecule has 0 saturated carbocycles. The number of ether oxygens (including phenoxy) is 3. The number of anilines is 1. The maximum absolute atomic E-state index is 12.2. The third-order valence-corrected chi connectivity index (χ3v) is 5.07. The lowest BCUT2D eigenvalue weighted by Gasteiger charge is -2.12. The SMILES string of the molecule is COc1cc(/C=C/C(=O)Nc2nnc(Cc3ccc(SC)cc3)o2)cc(OC)c1OC. The fourth-order valence-corrected chi connectivity index (χ4v) is 3.22. The van der Waals surface area contributed by atoms with Crippen LogP contribution in [0.1, 0.15) is 17.0 Å². The summed E-state index contributed by atoms with van der Waals surface area (Å²) in [5.41, 5.74) is 1.74. The standard InChI is InChI=1S/C22H23N3O5S/c1-27-17-11-15(12-18(28-2)21(17)29-3)7-10-19(26)23-22-25-24-20(30-22)13-14-5-8-16(31-4)9-6-14/h5-12H,13H2,1-4H3,(H,23,25,26)/b10-7+. The van der Waals surface area contributed by atoms with Gasteiger partial charge in [0.2, 0.25) is 11.6 Å². The number of carbonyl (C=O) groups is 1. The van der Waals surface area contributed by atoms with Crippen LogP contribution in [0, 0.1) is 0 Å². The van der Waals surface area contributed by atoms with Crippen LogP contribution >= 0.6 is 11.8 Å². The first-order chi connectivity index (χ1) is 15.1. The molecule has 2 aromatic carbocycles. The fraction of sp³-hybridized carbons (Fsp3) is 0.227. The summed E-state index contributed by atoms with van der Waals surface area (Å²) >= 11 is 1.68. The Labute approximate surface area is 184 Å². The van der Waals surface area contributed by atoms with Gasteiger partial charge in [0, 0.05) is 11.0 Å². The van der Waals surface area contributed by atoms with Crippen molar-refractivity contribution in [3.05, 3.63) is 59.5 Å². The molecule has 1 amide bonds. The second kappa shape index (κ2) is 10.5. The molecule has 1 heterocycles. The van der Waals surface area contributed by atoms with Crippen molar-refractivity contribution < 1.29 is 23.4 Å². The number of methoxy groups -OCH3 is 3. The van der Waals surface area contributed by atoms with Gasteiger partial charge in [0.15, 0.2) is 11.5 Å². The van der Waals surface area contributed by atoms with E-state index in [1.165, 1.54) is 32.3 Å². The molecule has 0 saturated heterocycles. The van der Waals surface area contributed by atoms with E-state index in [1.807, 2.05) is 30.5 Å². The number of thioether (sulfide) groups is 1. The lowest BCUT2D eigenvalue weighted by atomic mass is 10.1. The number of carbonyl (C=O) groups excluding carboxylic acids is 1. The van der Waals surface area contributed by atoms with Gasteiger partial charge >= 0.3 is 6.01 Å². The first kappa shape index (κ1) is 22.2. The lowest BCUT2D eigenvalue weighted by molar-refractivity contribution is -0.112. The molecule has 31 heavy (non-hydrogen) atoms. The van der Waals surface area contributed by atoms with Crippen molar-refractivity contribution in [1.29, 1.82) is 0 Å². The topological polar surface area (TPSA) is 95.7 Å². The Bertz CT molecular complexity index is 1040. The van der Waals surface area contributed by atoms with Gasteiger partial charge in [-0.3, -0.25) is 10.1 Å². The zero-order chi connectivity index (χ0) is 22.2. The van der Waals surface area contributed by atoms with E-state index in [0.717, 1.165) is 5.56 Å². The number of benzene rings is 2. The van der Waals surface area contributed by atoms with Crippen LogP contribution in [0.5, 0.6) is 17.2 Å². The van der Waals surface area contributed by atoms with Crippen LogP contribution in [0.15, 0.2) is 51.8 Å². The first-order valence-corrected chi connectivity index (χ1v) is 10.5. The molecular formula is C22H23N3O5S. The summed E-state index contributed by atoms with van der Waals surface area (Å²) in [6.07, 6.45) is 5.48. The van der Waals surface area contributed by atoms with Gasteiger partial charge in [-0.05, 0) is 47.7 Å². The van der Waals surface area contributed by atoms with Gasteiger partial charge in [-0.25, -0.2) is 0 Å². The van der Waals surface area contributed by atoms with Crippen LogP contribution < -0.4 is 19.5 Å². The van der Waals surface area contributed by atoms with E-state index in [0.29, 0.717) is 35.1 Å². The molecule has 162 valence electrons. The molecule has 0 spiro atoms. The van der Waals surface area contributed by atoms with Crippen molar-refractivity contribution >= 4 is 29.8 Å². The molecule has 0 fully saturated rings. The Morgan fingerprint density at radius 1 is 1.06 bits per heavy atom.